The summed E-state index contributed by atoms with van der Waals surface area (Å²) in [4.78, 5) is 24.4. The van der Waals surface area contributed by atoms with Crippen LogP contribution in [-0.2, 0) is 11.0 Å². The highest BCUT2D eigenvalue weighted by atomic mass is 32.1. The van der Waals surface area contributed by atoms with Gasteiger partial charge in [0.15, 0.2) is 0 Å². The van der Waals surface area contributed by atoms with E-state index in [-0.39, 0.29) is 24.1 Å². The van der Waals surface area contributed by atoms with Gasteiger partial charge in [-0.15, -0.1) is 11.3 Å². The molecule has 146 valence electrons. The van der Waals surface area contributed by atoms with Crippen molar-refractivity contribution < 1.29 is 22.8 Å². The van der Waals surface area contributed by atoms with E-state index in [0.29, 0.717) is 18.0 Å². The first kappa shape index (κ1) is 20.9. The molecule has 1 aromatic carbocycles. The summed E-state index contributed by atoms with van der Waals surface area (Å²) in [5.41, 5.74) is -1.14. The molecule has 2 aromatic rings. The number of carbonyl (C=O) groups is 2. The number of hydrogen-bond donors (Lipinski definition) is 3. The summed E-state index contributed by atoms with van der Waals surface area (Å²) < 4.78 is 38.8. The summed E-state index contributed by atoms with van der Waals surface area (Å²) in [5.74, 6) is -0.685. The Kier molecular flexibility index (Phi) is 7.37. The molecule has 27 heavy (non-hydrogen) atoms. The molecule has 0 spiro atoms. The number of thiophene rings is 1. The maximum absolute atomic E-state index is 12.9. The Bertz CT molecular complexity index is 763. The summed E-state index contributed by atoms with van der Waals surface area (Å²) in [7, 11) is 0. The minimum Gasteiger partial charge on any atom is -0.350 e. The number of benzene rings is 1. The van der Waals surface area contributed by atoms with Crippen LogP contribution in [0, 0.1) is 0 Å². The molecule has 0 aliphatic heterocycles. The van der Waals surface area contributed by atoms with Gasteiger partial charge in [-0.2, -0.15) is 13.2 Å². The summed E-state index contributed by atoms with van der Waals surface area (Å²) in [6.45, 7) is 2.56. The van der Waals surface area contributed by atoms with Crippen molar-refractivity contribution in [3.05, 3.63) is 52.2 Å². The zero-order chi connectivity index (χ0) is 19.9. The van der Waals surface area contributed by atoms with Gasteiger partial charge in [-0.1, -0.05) is 18.2 Å². The van der Waals surface area contributed by atoms with Gasteiger partial charge in [-0.25, -0.2) is 0 Å². The summed E-state index contributed by atoms with van der Waals surface area (Å²) >= 11 is 1.34. The Morgan fingerprint density at radius 3 is 2.52 bits per heavy atom. The quantitative estimate of drug-likeness (QED) is 0.595. The Hall–Kier alpha value is -2.39. The van der Waals surface area contributed by atoms with Crippen LogP contribution >= 0.6 is 11.3 Å². The van der Waals surface area contributed by atoms with E-state index in [2.05, 4.69) is 16.0 Å². The summed E-state index contributed by atoms with van der Waals surface area (Å²) in [6.07, 6.45) is -4.53. The van der Waals surface area contributed by atoms with Crippen LogP contribution in [0.4, 0.5) is 18.9 Å². The number of halogens is 3. The number of amides is 2. The molecule has 2 amide bonds. The monoisotopic (exact) mass is 399 g/mol. The molecular formula is C18H20F3N3O2S. The Morgan fingerprint density at radius 1 is 1.11 bits per heavy atom. The number of carbonyl (C=O) groups excluding carboxylic acids is 2. The van der Waals surface area contributed by atoms with E-state index in [9.17, 15) is 22.8 Å². The molecule has 3 N–H and O–H groups in total. The Morgan fingerprint density at radius 2 is 1.85 bits per heavy atom. The van der Waals surface area contributed by atoms with Gasteiger partial charge in [-0.3, -0.25) is 9.59 Å². The molecule has 1 atom stereocenters. The maximum atomic E-state index is 12.9. The molecule has 0 aliphatic carbocycles. The van der Waals surface area contributed by atoms with Gasteiger partial charge in [0.1, 0.15) is 0 Å². The van der Waals surface area contributed by atoms with Gasteiger partial charge >= 0.3 is 6.18 Å². The molecule has 0 radical (unpaired) electrons. The zero-order valence-corrected chi connectivity index (χ0v) is 15.4. The van der Waals surface area contributed by atoms with Crippen molar-refractivity contribution in [2.75, 3.05) is 18.4 Å². The molecule has 1 heterocycles. The van der Waals surface area contributed by atoms with Crippen LogP contribution in [0.5, 0.6) is 0 Å². The largest absolute Gasteiger partial charge is 0.418 e. The SMILES string of the molecule is CC(CC(=O)Nc1ccccc1C(F)(F)F)NCCNC(=O)c1cccs1. The van der Waals surface area contributed by atoms with E-state index in [1.807, 2.05) is 5.38 Å². The molecular weight excluding hydrogens is 379 g/mol. The van der Waals surface area contributed by atoms with Crippen molar-refractivity contribution in [2.45, 2.75) is 25.6 Å². The first-order chi connectivity index (χ1) is 12.8. The van der Waals surface area contributed by atoms with Crippen LogP contribution < -0.4 is 16.0 Å². The lowest BCUT2D eigenvalue weighted by atomic mass is 10.1. The van der Waals surface area contributed by atoms with Crippen molar-refractivity contribution in [1.29, 1.82) is 0 Å². The number of hydrogen-bond acceptors (Lipinski definition) is 4. The highest BCUT2D eigenvalue weighted by Gasteiger charge is 2.33. The summed E-state index contributed by atoms with van der Waals surface area (Å²) in [6, 6.07) is 8.10. The fourth-order valence-electron chi connectivity index (χ4n) is 2.38. The highest BCUT2D eigenvalue weighted by molar-refractivity contribution is 7.12. The van der Waals surface area contributed by atoms with E-state index in [1.54, 1.807) is 19.1 Å². The molecule has 0 bridgehead atoms. The van der Waals surface area contributed by atoms with Crippen LogP contribution in [0.1, 0.15) is 28.6 Å². The van der Waals surface area contributed by atoms with Gasteiger partial charge in [0.25, 0.3) is 5.91 Å². The molecule has 5 nitrogen and oxygen atoms in total. The second-order valence-corrected chi connectivity index (χ2v) is 6.83. The third-order valence-electron chi connectivity index (χ3n) is 3.65. The number of alkyl halides is 3. The topological polar surface area (TPSA) is 70.2 Å². The fraction of sp³-hybridized carbons (Fsp3) is 0.333. The predicted octanol–water partition coefficient (Wildman–Crippen LogP) is 3.50. The molecule has 0 saturated carbocycles. The predicted molar refractivity (Wildman–Crippen MR) is 98.8 cm³/mol. The second-order valence-electron chi connectivity index (χ2n) is 5.88. The van der Waals surface area contributed by atoms with Gasteiger partial charge in [-0.05, 0) is 30.5 Å². The third kappa shape index (κ3) is 6.69. The van der Waals surface area contributed by atoms with E-state index in [4.69, 9.17) is 0 Å². The average molecular weight is 399 g/mol. The molecule has 2 rings (SSSR count). The first-order valence-corrected chi connectivity index (χ1v) is 9.16. The minimum atomic E-state index is -4.53. The third-order valence-corrected chi connectivity index (χ3v) is 4.52. The summed E-state index contributed by atoms with van der Waals surface area (Å²) in [5, 5.41) is 9.91. The van der Waals surface area contributed by atoms with Crippen molar-refractivity contribution in [1.82, 2.24) is 10.6 Å². The lowest BCUT2D eigenvalue weighted by molar-refractivity contribution is -0.137. The molecule has 0 saturated heterocycles. The first-order valence-electron chi connectivity index (χ1n) is 8.28. The minimum absolute atomic E-state index is 0.00502. The number of rotatable bonds is 8. The lowest BCUT2D eigenvalue weighted by Crippen LogP contribution is -2.37. The zero-order valence-electron chi connectivity index (χ0n) is 14.6. The Labute approximate surface area is 159 Å². The van der Waals surface area contributed by atoms with Crippen LogP contribution in [0.2, 0.25) is 0 Å². The van der Waals surface area contributed by atoms with Gasteiger partial charge < -0.3 is 16.0 Å². The van der Waals surface area contributed by atoms with E-state index in [0.717, 1.165) is 6.07 Å². The number of anilines is 1. The fourth-order valence-corrected chi connectivity index (χ4v) is 3.02. The lowest BCUT2D eigenvalue weighted by Gasteiger charge is -2.16. The molecule has 0 fully saturated rings. The number of nitrogens with one attached hydrogen (secondary N) is 3. The van der Waals surface area contributed by atoms with E-state index in [1.165, 1.54) is 29.5 Å². The highest BCUT2D eigenvalue weighted by Crippen LogP contribution is 2.34. The second kappa shape index (κ2) is 9.52. The average Bonchev–Trinajstić information content (AvgIpc) is 3.12. The molecule has 1 unspecified atom stereocenters. The smallest absolute Gasteiger partial charge is 0.350 e. The Balaban J connectivity index is 1.74. The van der Waals surface area contributed by atoms with Crippen LogP contribution in [0.3, 0.4) is 0 Å². The van der Waals surface area contributed by atoms with Gasteiger partial charge in [0, 0.05) is 25.6 Å². The van der Waals surface area contributed by atoms with Crippen LogP contribution in [0.15, 0.2) is 41.8 Å². The van der Waals surface area contributed by atoms with E-state index >= 15 is 0 Å². The van der Waals surface area contributed by atoms with Crippen LogP contribution in [0.25, 0.3) is 0 Å². The number of para-hydroxylation sites is 1. The standard InChI is InChI=1S/C18H20F3N3O2S/c1-12(22-8-9-23-17(26)15-7-4-10-27-15)11-16(25)24-14-6-3-2-5-13(14)18(19,20)21/h2-7,10,12,22H,8-9,11H2,1H3,(H,23,26)(H,24,25). The van der Waals surface area contributed by atoms with Crippen LogP contribution in [-0.4, -0.2) is 30.9 Å². The van der Waals surface area contributed by atoms with Gasteiger partial charge in [0.05, 0.1) is 16.1 Å². The van der Waals surface area contributed by atoms with Crippen molar-refractivity contribution in [3.8, 4) is 0 Å². The molecule has 0 aliphatic rings. The normalized spacial score (nSPS) is 12.4. The maximum Gasteiger partial charge on any atom is 0.418 e. The van der Waals surface area contributed by atoms with Crippen molar-refractivity contribution in [3.63, 3.8) is 0 Å². The van der Waals surface area contributed by atoms with Crippen molar-refractivity contribution >= 4 is 28.8 Å². The van der Waals surface area contributed by atoms with E-state index < -0.39 is 17.6 Å². The van der Waals surface area contributed by atoms with Gasteiger partial charge in [0.2, 0.25) is 5.91 Å². The molecule has 9 heteroatoms. The van der Waals surface area contributed by atoms with Crippen molar-refractivity contribution in [2.24, 2.45) is 0 Å². The molecule has 1 aromatic heterocycles.